The van der Waals surface area contributed by atoms with E-state index in [0.29, 0.717) is 30.2 Å². The lowest BCUT2D eigenvalue weighted by Gasteiger charge is -2.13. The highest BCUT2D eigenvalue weighted by atomic mass is 35.5. The lowest BCUT2D eigenvalue weighted by atomic mass is 10.0. The molecule has 26 heavy (non-hydrogen) atoms. The van der Waals surface area contributed by atoms with Gasteiger partial charge < -0.3 is 15.2 Å². The first-order chi connectivity index (χ1) is 12.5. The van der Waals surface area contributed by atoms with Crippen molar-refractivity contribution in [1.82, 2.24) is 5.32 Å². The monoisotopic (exact) mass is 375 g/mol. The molecule has 0 aromatic heterocycles. The quantitative estimate of drug-likeness (QED) is 0.704. The number of amides is 1. The average Bonchev–Trinajstić information content (AvgIpc) is 2.62. The van der Waals surface area contributed by atoms with Crippen molar-refractivity contribution in [2.24, 2.45) is 5.92 Å². The number of rotatable bonds is 9. The zero-order chi connectivity index (χ0) is 18.9. The van der Waals surface area contributed by atoms with E-state index < -0.39 is 5.97 Å². The summed E-state index contributed by atoms with van der Waals surface area (Å²) in [5, 5.41) is 12.2. The Labute approximate surface area is 157 Å². The lowest BCUT2D eigenvalue weighted by Crippen LogP contribution is -2.31. The molecule has 0 aliphatic rings. The van der Waals surface area contributed by atoms with Crippen molar-refractivity contribution < 1.29 is 19.4 Å². The number of hydrogen-bond acceptors (Lipinski definition) is 3. The van der Waals surface area contributed by atoms with Gasteiger partial charge in [0.05, 0.1) is 0 Å². The third-order valence-electron chi connectivity index (χ3n) is 3.93. The molecular formula is C20H22ClNO4. The predicted octanol–water partition coefficient (Wildman–Crippen LogP) is 3.34. The highest BCUT2D eigenvalue weighted by Crippen LogP contribution is 2.19. The maximum Gasteiger partial charge on any atom is 0.341 e. The maximum absolute atomic E-state index is 12.2. The van der Waals surface area contributed by atoms with Crippen LogP contribution in [0.5, 0.6) is 5.75 Å². The standard InChI is InChI=1S/C20H22ClNO4/c1-14(12-16-4-2-3-5-18(16)21)20(25)22-11-10-15-6-8-17(9-7-15)26-13-19(23)24/h2-9,14H,10-13H2,1H3,(H,22,25)(H,23,24). The van der Waals surface area contributed by atoms with E-state index in [9.17, 15) is 9.59 Å². The van der Waals surface area contributed by atoms with E-state index >= 15 is 0 Å². The summed E-state index contributed by atoms with van der Waals surface area (Å²) in [7, 11) is 0. The maximum atomic E-state index is 12.2. The summed E-state index contributed by atoms with van der Waals surface area (Å²) in [5.74, 6) is -0.677. The Balaban J connectivity index is 1.75. The molecule has 0 aliphatic heterocycles. The molecule has 0 heterocycles. The highest BCUT2D eigenvalue weighted by Gasteiger charge is 2.14. The topological polar surface area (TPSA) is 75.6 Å². The molecule has 0 saturated heterocycles. The fourth-order valence-electron chi connectivity index (χ4n) is 2.49. The molecular weight excluding hydrogens is 354 g/mol. The first-order valence-corrected chi connectivity index (χ1v) is 8.78. The Hall–Kier alpha value is -2.53. The number of benzene rings is 2. The third-order valence-corrected chi connectivity index (χ3v) is 4.30. The molecule has 2 N–H and O–H groups in total. The normalized spacial score (nSPS) is 11.6. The molecule has 0 radical (unpaired) electrons. The SMILES string of the molecule is CC(Cc1ccccc1Cl)C(=O)NCCc1ccc(OCC(=O)O)cc1. The molecule has 0 aliphatic carbocycles. The van der Waals surface area contributed by atoms with Crippen molar-refractivity contribution >= 4 is 23.5 Å². The Bertz CT molecular complexity index is 746. The summed E-state index contributed by atoms with van der Waals surface area (Å²) < 4.78 is 5.08. The molecule has 0 saturated carbocycles. The van der Waals surface area contributed by atoms with Gasteiger partial charge in [0.1, 0.15) is 5.75 Å². The molecule has 2 aromatic carbocycles. The molecule has 1 atom stereocenters. The summed E-state index contributed by atoms with van der Waals surface area (Å²) in [6.07, 6.45) is 1.28. The van der Waals surface area contributed by atoms with E-state index in [1.807, 2.05) is 43.3 Å². The van der Waals surface area contributed by atoms with Gasteiger partial charge in [-0.05, 0) is 42.2 Å². The third kappa shape index (κ3) is 6.41. The van der Waals surface area contributed by atoms with Crippen LogP contribution in [0.2, 0.25) is 5.02 Å². The second-order valence-electron chi connectivity index (χ2n) is 6.06. The molecule has 1 amide bonds. The Morgan fingerprint density at radius 2 is 1.85 bits per heavy atom. The fraction of sp³-hybridized carbons (Fsp3) is 0.300. The Morgan fingerprint density at radius 3 is 2.50 bits per heavy atom. The molecule has 0 spiro atoms. The molecule has 0 bridgehead atoms. The van der Waals surface area contributed by atoms with Crippen LogP contribution in [0, 0.1) is 5.92 Å². The van der Waals surface area contributed by atoms with Crippen LogP contribution in [0.25, 0.3) is 0 Å². The first-order valence-electron chi connectivity index (χ1n) is 8.40. The van der Waals surface area contributed by atoms with Crippen molar-refractivity contribution in [3.05, 3.63) is 64.7 Å². The van der Waals surface area contributed by atoms with Crippen LogP contribution in [-0.2, 0) is 22.4 Å². The van der Waals surface area contributed by atoms with Gasteiger partial charge in [0.25, 0.3) is 0 Å². The molecule has 5 nitrogen and oxygen atoms in total. The van der Waals surface area contributed by atoms with E-state index in [-0.39, 0.29) is 18.4 Å². The van der Waals surface area contributed by atoms with Gasteiger partial charge in [0, 0.05) is 17.5 Å². The molecule has 2 aromatic rings. The summed E-state index contributed by atoms with van der Waals surface area (Å²) in [6, 6.07) is 14.7. The molecule has 0 fully saturated rings. The van der Waals surface area contributed by atoms with Crippen molar-refractivity contribution in [2.45, 2.75) is 19.8 Å². The minimum atomic E-state index is -1.01. The number of carboxylic acid groups (broad SMARTS) is 1. The number of nitrogens with one attached hydrogen (secondary N) is 1. The second kappa shape index (κ2) is 9.82. The van der Waals surface area contributed by atoms with Crippen molar-refractivity contribution in [1.29, 1.82) is 0 Å². The van der Waals surface area contributed by atoms with Crippen LogP contribution in [0.4, 0.5) is 0 Å². The summed E-state index contributed by atoms with van der Waals surface area (Å²) in [6.45, 7) is 2.05. The first kappa shape index (κ1) is 19.8. The van der Waals surface area contributed by atoms with Crippen LogP contribution in [0.1, 0.15) is 18.1 Å². The molecule has 138 valence electrons. The highest BCUT2D eigenvalue weighted by molar-refractivity contribution is 6.31. The van der Waals surface area contributed by atoms with Gasteiger partial charge in [-0.25, -0.2) is 4.79 Å². The van der Waals surface area contributed by atoms with Gasteiger partial charge in [-0.2, -0.15) is 0 Å². The van der Waals surface area contributed by atoms with Gasteiger partial charge in [0.15, 0.2) is 6.61 Å². The number of hydrogen-bond donors (Lipinski definition) is 2. The average molecular weight is 376 g/mol. The second-order valence-corrected chi connectivity index (χ2v) is 6.47. The summed E-state index contributed by atoms with van der Waals surface area (Å²) in [4.78, 5) is 22.7. The van der Waals surface area contributed by atoms with E-state index in [1.165, 1.54) is 0 Å². The molecule has 2 rings (SSSR count). The zero-order valence-electron chi connectivity index (χ0n) is 14.6. The summed E-state index contributed by atoms with van der Waals surface area (Å²) in [5.41, 5.74) is 2.00. The van der Waals surface area contributed by atoms with E-state index in [1.54, 1.807) is 12.1 Å². The number of carbonyl (C=O) groups excluding carboxylic acids is 1. The smallest absolute Gasteiger partial charge is 0.341 e. The van der Waals surface area contributed by atoms with Gasteiger partial charge in [-0.3, -0.25) is 4.79 Å². The van der Waals surface area contributed by atoms with Crippen molar-refractivity contribution in [2.75, 3.05) is 13.2 Å². The number of carboxylic acids is 1. The lowest BCUT2D eigenvalue weighted by molar-refractivity contribution is -0.139. The Morgan fingerprint density at radius 1 is 1.15 bits per heavy atom. The Kier molecular flexibility index (Phi) is 7.48. The largest absolute Gasteiger partial charge is 0.482 e. The van der Waals surface area contributed by atoms with Crippen LogP contribution < -0.4 is 10.1 Å². The number of ether oxygens (including phenoxy) is 1. The van der Waals surface area contributed by atoms with Crippen LogP contribution in [0.15, 0.2) is 48.5 Å². The van der Waals surface area contributed by atoms with E-state index in [4.69, 9.17) is 21.4 Å². The zero-order valence-corrected chi connectivity index (χ0v) is 15.3. The molecule has 1 unspecified atom stereocenters. The van der Waals surface area contributed by atoms with E-state index in [2.05, 4.69) is 5.32 Å². The van der Waals surface area contributed by atoms with Crippen LogP contribution in [0.3, 0.4) is 0 Å². The molecule has 6 heteroatoms. The number of carbonyl (C=O) groups is 2. The fourth-order valence-corrected chi connectivity index (χ4v) is 2.70. The van der Waals surface area contributed by atoms with E-state index in [0.717, 1.165) is 11.1 Å². The van der Waals surface area contributed by atoms with Crippen molar-refractivity contribution in [3.8, 4) is 5.75 Å². The van der Waals surface area contributed by atoms with Crippen LogP contribution >= 0.6 is 11.6 Å². The van der Waals surface area contributed by atoms with Crippen LogP contribution in [-0.4, -0.2) is 30.1 Å². The predicted molar refractivity (Wildman–Crippen MR) is 101 cm³/mol. The van der Waals surface area contributed by atoms with Gasteiger partial charge >= 0.3 is 5.97 Å². The van der Waals surface area contributed by atoms with Gasteiger partial charge in [-0.1, -0.05) is 48.9 Å². The van der Waals surface area contributed by atoms with Gasteiger partial charge in [0.2, 0.25) is 5.91 Å². The summed E-state index contributed by atoms with van der Waals surface area (Å²) >= 11 is 6.14. The number of halogens is 1. The number of aliphatic carboxylic acids is 1. The van der Waals surface area contributed by atoms with Crippen molar-refractivity contribution in [3.63, 3.8) is 0 Å². The van der Waals surface area contributed by atoms with Gasteiger partial charge in [-0.15, -0.1) is 0 Å². The minimum absolute atomic E-state index is 0.00803. The minimum Gasteiger partial charge on any atom is -0.482 e.